The first-order valence-electron chi connectivity index (χ1n) is 6.12. The van der Waals surface area contributed by atoms with E-state index in [9.17, 15) is 4.79 Å². The van der Waals surface area contributed by atoms with Crippen molar-refractivity contribution in [2.45, 2.75) is 13.8 Å². The number of aromatic nitrogens is 1. The number of ether oxygens (including phenoxy) is 2. The molecule has 2 aromatic rings. The molecule has 2 rings (SSSR count). The van der Waals surface area contributed by atoms with Gasteiger partial charge in [-0.15, -0.1) is 0 Å². The predicted octanol–water partition coefficient (Wildman–Crippen LogP) is 2.86. The van der Waals surface area contributed by atoms with Crippen LogP contribution in [0.25, 0.3) is 0 Å². The Morgan fingerprint density at radius 1 is 1.20 bits per heavy atom. The van der Waals surface area contributed by atoms with E-state index in [1.54, 1.807) is 25.1 Å². The average molecular weight is 272 g/mol. The number of nitrogens with zero attached hydrogens (tertiary/aromatic N) is 1. The molecule has 5 heteroatoms. The summed E-state index contributed by atoms with van der Waals surface area (Å²) in [7, 11) is 1.33. The minimum Gasteiger partial charge on any atom is -0.465 e. The molecule has 1 heterocycles. The van der Waals surface area contributed by atoms with E-state index in [1.807, 2.05) is 19.1 Å². The topological polar surface area (TPSA) is 74.4 Å². The molecule has 0 fully saturated rings. The molecule has 0 atom stereocenters. The molecule has 0 aliphatic heterocycles. The van der Waals surface area contributed by atoms with E-state index in [2.05, 4.69) is 9.72 Å². The SMILES string of the molecule is COC(=O)c1ccc(Oc2c(C)cccc2N)nc1C. The Morgan fingerprint density at radius 3 is 2.55 bits per heavy atom. The molecule has 0 amide bonds. The molecule has 20 heavy (non-hydrogen) atoms. The second-order valence-electron chi connectivity index (χ2n) is 4.37. The maximum absolute atomic E-state index is 11.5. The van der Waals surface area contributed by atoms with Crippen LogP contribution in [-0.2, 0) is 4.74 Å². The highest BCUT2D eigenvalue weighted by molar-refractivity contribution is 5.90. The molecular formula is C15H16N2O3. The van der Waals surface area contributed by atoms with Crippen molar-refractivity contribution in [2.75, 3.05) is 12.8 Å². The van der Waals surface area contributed by atoms with Crippen LogP contribution < -0.4 is 10.5 Å². The molecule has 0 saturated carbocycles. The zero-order valence-corrected chi connectivity index (χ0v) is 11.6. The van der Waals surface area contributed by atoms with Gasteiger partial charge in [-0.2, -0.15) is 0 Å². The lowest BCUT2D eigenvalue weighted by atomic mass is 10.2. The van der Waals surface area contributed by atoms with Gasteiger partial charge in [0.25, 0.3) is 0 Å². The fourth-order valence-electron chi connectivity index (χ4n) is 1.84. The second kappa shape index (κ2) is 5.61. The number of methoxy groups -OCH3 is 1. The van der Waals surface area contributed by atoms with Gasteiger partial charge in [-0.25, -0.2) is 9.78 Å². The van der Waals surface area contributed by atoms with E-state index in [0.717, 1.165) is 5.56 Å². The standard InChI is InChI=1S/C15H16N2O3/c1-9-5-4-6-12(16)14(9)20-13-8-7-11(10(2)17-13)15(18)19-3/h4-8H,16H2,1-3H3. The largest absolute Gasteiger partial charge is 0.465 e. The number of anilines is 1. The van der Waals surface area contributed by atoms with Crippen LogP contribution in [0.5, 0.6) is 11.6 Å². The number of pyridine rings is 1. The third kappa shape index (κ3) is 2.71. The molecule has 5 nitrogen and oxygen atoms in total. The number of esters is 1. The summed E-state index contributed by atoms with van der Waals surface area (Å²) in [5.74, 6) is 0.540. The summed E-state index contributed by atoms with van der Waals surface area (Å²) >= 11 is 0. The zero-order valence-electron chi connectivity index (χ0n) is 11.6. The van der Waals surface area contributed by atoms with Crippen molar-refractivity contribution in [2.24, 2.45) is 0 Å². The van der Waals surface area contributed by atoms with Crippen molar-refractivity contribution in [3.63, 3.8) is 0 Å². The minimum atomic E-state index is -0.419. The van der Waals surface area contributed by atoms with Gasteiger partial charge < -0.3 is 15.2 Å². The van der Waals surface area contributed by atoms with Crippen LogP contribution >= 0.6 is 0 Å². The lowest BCUT2D eigenvalue weighted by molar-refractivity contribution is 0.0599. The maximum atomic E-state index is 11.5. The molecule has 0 radical (unpaired) electrons. The molecule has 0 bridgehead atoms. The van der Waals surface area contributed by atoms with E-state index in [0.29, 0.717) is 28.6 Å². The summed E-state index contributed by atoms with van der Waals surface area (Å²) in [5, 5.41) is 0. The molecule has 2 N–H and O–H groups in total. The monoisotopic (exact) mass is 272 g/mol. The second-order valence-corrected chi connectivity index (χ2v) is 4.37. The first-order chi connectivity index (χ1) is 9.52. The van der Waals surface area contributed by atoms with Crippen molar-refractivity contribution in [1.82, 2.24) is 4.98 Å². The van der Waals surface area contributed by atoms with Gasteiger partial charge >= 0.3 is 5.97 Å². The van der Waals surface area contributed by atoms with Crippen LogP contribution in [-0.4, -0.2) is 18.1 Å². The van der Waals surface area contributed by atoms with Crippen molar-refractivity contribution in [1.29, 1.82) is 0 Å². The lowest BCUT2D eigenvalue weighted by Crippen LogP contribution is -2.06. The Morgan fingerprint density at radius 2 is 1.95 bits per heavy atom. The highest BCUT2D eigenvalue weighted by Gasteiger charge is 2.12. The summed E-state index contributed by atoms with van der Waals surface area (Å²) < 4.78 is 10.4. The van der Waals surface area contributed by atoms with E-state index in [4.69, 9.17) is 10.5 Å². The van der Waals surface area contributed by atoms with Crippen molar-refractivity contribution in [3.8, 4) is 11.6 Å². The third-order valence-corrected chi connectivity index (χ3v) is 2.91. The number of nitrogen functional groups attached to an aromatic ring is 1. The molecule has 1 aromatic heterocycles. The fourth-order valence-corrected chi connectivity index (χ4v) is 1.84. The highest BCUT2D eigenvalue weighted by Crippen LogP contribution is 2.30. The Bertz CT molecular complexity index is 633. The van der Waals surface area contributed by atoms with Crippen molar-refractivity contribution >= 4 is 11.7 Å². The van der Waals surface area contributed by atoms with E-state index in [1.165, 1.54) is 7.11 Å². The number of hydrogen-bond donors (Lipinski definition) is 1. The summed E-state index contributed by atoms with van der Waals surface area (Å²) in [6.45, 7) is 3.63. The van der Waals surface area contributed by atoms with Crippen LogP contribution in [0.3, 0.4) is 0 Å². The van der Waals surface area contributed by atoms with Crippen LogP contribution in [0.1, 0.15) is 21.6 Å². The molecule has 0 spiro atoms. The average Bonchev–Trinajstić information content (AvgIpc) is 2.42. The van der Waals surface area contributed by atoms with Crippen molar-refractivity contribution < 1.29 is 14.3 Å². The number of rotatable bonds is 3. The van der Waals surface area contributed by atoms with Gasteiger partial charge in [-0.1, -0.05) is 12.1 Å². The Labute approximate surface area is 117 Å². The van der Waals surface area contributed by atoms with Gasteiger partial charge in [0.05, 0.1) is 24.1 Å². The van der Waals surface area contributed by atoms with Gasteiger partial charge in [-0.05, 0) is 31.5 Å². The van der Waals surface area contributed by atoms with Crippen molar-refractivity contribution in [3.05, 3.63) is 47.2 Å². The Hall–Kier alpha value is -2.56. The summed E-state index contributed by atoms with van der Waals surface area (Å²) in [4.78, 5) is 15.7. The van der Waals surface area contributed by atoms with Gasteiger partial charge in [0, 0.05) is 6.07 Å². The molecule has 0 aliphatic carbocycles. The molecule has 0 unspecified atom stereocenters. The number of aryl methyl sites for hydroxylation is 2. The molecular weight excluding hydrogens is 256 g/mol. The number of nitrogens with two attached hydrogens (primary N) is 1. The molecule has 104 valence electrons. The van der Waals surface area contributed by atoms with E-state index >= 15 is 0 Å². The zero-order chi connectivity index (χ0) is 14.7. The predicted molar refractivity (Wildman–Crippen MR) is 76.0 cm³/mol. The highest BCUT2D eigenvalue weighted by atomic mass is 16.5. The van der Waals surface area contributed by atoms with Crippen LogP contribution in [0.4, 0.5) is 5.69 Å². The Kier molecular flexibility index (Phi) is 3.89. The summed E-state index contributed by atoms with van der Waals surface area (Å²) in [6.07, 6.45) is 0. The first kappa shape index (κ1) is 13.9. The van der Waals surface area contributed by atoms with Gasteiger partial charge in [0.1, 0.15) is 0 Å². The number of benzene rings is 1. The number of carbonyl (C=O) groups excluding carboxylic acids is 1. The number of para-hydroxylation sites is 1. The normalized spacial score (nSPS) is 10.2. The van der Waals surface area contributed by atoms with E-state index in [-0.39, 0.29) is 0 Å². The number of hydrogen-bond acceptors (Lipinski definition) is 5. The molecule has 1 aromatic carbocycles. The van der Waals surface area contributed by atoms with Gasteiger partial charge in [0.2, 0.25) is 5.88 Å². The fraction of sp³-hybridized carbons (Fsp3) is 0.200. The molecule has 0 saturated heterocycles. The van der Waals surface area contributed by atoms with Crippen LogP contribution in [0.2, 0.25) is 0 Å². The third-order valence-electron chi connectivity index (χ3n) is 2.91. The maximum Gasteiger partial charge on any atom is 0.339 e. The van der Waals surface area contributed by atoms with Crippen LogP contribution in [0.15, 0.2) is 30.3 Å². The smallest absolute Gasteiger partial charge is 0.339 e. The van der Waals surface area contributed by atoms with Crippen LogP contribution in [0, 0.1) is 13.8 Å². The summed E-state index contributed by atoms with van der Waals surface area (Å²) in [5.41, 5.74) is 8.30. The Balaban J connectivity index is 2.32. The first-order valence-corrected chi connectivity index (χ1v) is 6.12. The van der Waals surface area contributed by atoms with Gasteiger partial charge in [0.15, 0.2) is 5.75 Å². The minimum absolute atomic E-state index is 0.385. The number of carbonyl (C=O) groups is 1. The summed E-state index contributed by atoms with van der Waals surface area (Å²) in [6, 6.07) is 8.76. The van der Waals surface area contributed by atoms with Gasteiger partial charge in [-0.3, -0.25) is 0 Å². The lowest BCUT2D eigenvalue weighted by Gasteiger charge is -2.11. The van der Waals surface area contributed by atoms with E-state index < -0.39 is 5.97 Å². The quantitative estimate of drug-likeness (QED) is 0.687. The molecule has 0 aliphatic rings.